The van der Waals surface area contributed by atoms with Crippen LogP contribution < -0.4 is 5.32 Å². The summed E-state index contributed by atoms with van der Waals surface area (Å²) in [6.45, 7) is 0. The molecule has 168 valence electrons. The van der Waals surface area contributed by atoms with Crippen LogP contribution in [-0.2, 0) is 17.1 Å². The molecule has 1 saturated carbocycles. The zero-order chi connectivity index (χ0) is 22.9. The van der Waals surface area contributed by atoms with Crippen LogP contribution in [0.25, 0.3) is 0 Å². The van der Waals surface area contributed by atoms with E-state index in [4.69, 9.17) is 0 Å². The molecule has 1 N–H and O–H groups in total. The second kappa shape index (κ2) is 9.00. The van der Waals surface area contributed by atoms with Gasteiger partial charge in [0.2, 0.25) is 15.2 Å². The number of hydrogen-bond acceptors (Lipinski definition) is 7. The fourth-order valence-corrected chi connectivity index (χ4v) is 5.10. The molecule has 1 aliphatic rings. The first-order valence-electron chi connectivity index (χ1n) is 10.1. The Morgan fingerprint density at radius 2 is 1.88 bits per heavy atom. The molecule has 0 atom stereocenters. The van der Waals surface area contributed by atoms with Crippen molar-refractivity contribution in [1.29, 1.82) is 0 Å². The van der Waals surface area contributed by atoms with Gasteiger partial charge in [-0.05, 0) is 76.8 Å². The molecular formula is C21H24N6O3S2. The molecule has 1 heterocycles. The average Bonchev–Trinajstić information content (AvgIpc) is 3.12. The summed E-state index contributed by atoms with van der Waals surface area (Å²) in [5.41, 5.74) is 2.15. The lowest BCUT2D eigenvalue weighted by Crippen LogP contribution is -2.23. The van der Waals surface area contributed by atoms with Gasteiger partial charge in [0.25, 0.3) is 5.91 Å². The Hall–Kier alpha value is -2.76. The van der Waals surface area contributed by atoms with Crippen LogP contribution in [0.2, 0.25) is 0 Å². The molecule has 0 unspecified atom stereocenters. The largest absolute Gasteiger partial charge is 0.322 e. The Morgan fingerprint density at radius 3 is 2.44 bits per heavy atom. The van der Waals surface area contributed by atoms with Crippen LogP contribution in [-0.4, -0.2) is 52.9 Å². The molecule has 1 fully saturated rings. The van der Waals surface area contributed by atoms with Crippen molar-refractivity contribution in [3.63, 3.8) is 0 Å². The zero-order valence-corrected chi connectivity index (χ0v) is 19.7. The lowest BCUT2D eigenvalue weighted by atomic mass is 9.80. The summed E-state index contributed by atoms with van der Waals surface area (Å²) in [7, 11) is 0.887. The van der Waals surface area contributed by atoms with Gasteiger partial charge in [-0.3, -0.25) is 4.79 Å². The maximum Gasteiger partial charge on any atom is 0.256 e. The smallest absolute Gasteiger partial charge is 0.256 e. The number of amides is 1. The summed E-state index contributed by atoms with van der Waals surface area (Å²) >= 11 is 1.19. The lowest BCUT2D eigenvalue weighted by Gasteiger charge is -2.25. The molecule has 2 aromatic carbocycles. The molecule has 4 rings (SSSR count). The van der Waals surface area contributed by atoms with Crippen molar-refractivity contribution < 1.29 is 13.2 Å². The van der Waals surface area contributed by atoms with E-state index >= 15 is 0 Å². The molecule has 0 spiro atoms. The van der Waals surface area contributed by atoms with E-state index in [2.05, 4.69) is 20.8 Å². The number of hydrogen-bond donors (Lipinski definition) is 1. The Morgan fingerprint density at radius 1 is 1.16 bits per heavy atom. The molecule has 32 heavy (non-hydrogen) atoms. The SMILES string of the molecule is CN(C)S(=O)(=O)c1ccc(Sc2nnnn2C)c(C(=O)Nc2ccc(C3CCC3)cc2)c1. The zero-order valence-electron chi connectivity index (χ0n) is 18.0. The van der Waals surface area contributed by atoms with E-state index in [0.29, 0.717) is 21.7 Å². The molecule has 3 aromatic rings. The Kier molecular flexibility index (Phi) is 6.31. The standard InChI is InChI=1S/C21H24N6O3S2/c1-26(2)32(29,30)17-11-12-19(31-21-23-24-25-27(21)3)18(13-17)20(28)22-16-9-7-15(8-10-16)14-5-4-6-14/h7-14H,4-6H2,1-3H3,(H,22,28). The number of anilines is 1. The molecule has 1 aliphatic carbocycles. The quantitative estimate of drug-likeness (QED) is 0.562. The molecule has 0 aliphatic heterocycles. The average molecular weight is 473 g/mol. The molecule has 1 aromatic heterocycles. The number of aromatic nitrogens is 4. The number of nitrogens with one attached hydrogen (secondary N) is 1. The minimum Gasteiger partial charge on any atom is -0.322 e. The Bertz CT molecular complexity index is 1230. The van der Waals surface area contributed by atoms with Crippen LogP contribution in [0.15, 0.2) is 57.4 Å². The van der Waals surface area contributed by atoms with Crippen molar-refractivity contribution in [2.45, 2.75) is 40.1 Å². The predicted molar refractivity (Wildman–Crippen MR) is 121 cm³/mol. The molecule has 9 nitrogen and oxygen atoms in total. The van der Waals surface area contributed by atoms with E-state index in [1.165, 1.54) is 67.5 Å². The third-order valence-corrected chi connectivity index (χ3v) is 8.42. The van der Waals surface area contributed by atoms with Crippen LogP contribution in [0, 0.1) is 0 Å². The summed E-state index contributed by atoms with van der Waals surface area (Å²) in [5, 5.41) is 14.7. The second-order valence-electron chi connectivity index (χ2n) is 7.84. The number of rotatable bonds is 7. The van der Waals surface area contributed by atoms with Crippen molar-refractivity contribution in [3.05, 3.63) is 53.6 Å². The van der Waals surface area contributed by atoms with Gasteiger partial charge < -0.3 is 5.32 Å². The fourth-order valence-electron chi connectivity index (χ4n) is 3.33. The van der Waals surface area contributed by atoms with Crippen LogP contribution in [0.4, 0.5) is 5.69 Å². The molecule has 0 radical (unpaired) electrons. The highest BCUT2D eigenvalue weighted by atomic mass is 32.2. The topological polar surface area (TPSA) is 110 Å². The highest BCUT2D eigenvalue weighted by molar-refractivity contribution is 7.99. The first kappa shape index (κ1) is 22.4. The summed E-state index contributed by atoms with van der Waals surface area (Å²) in [6, 6.07) is 12.3. The van der Waals surface area contributed by atoms with Crippen LogP contribution in [0.1, 0.15) is 41.1 Å². The first-order valence-corrected chi connectivity index (χ1v) is 12.4. The number of aryl methyl sites for hydroxylation is 1. The van der Waals surface area contributed by atoms with E-state index in [1.54, 1.807) is 13.1 Å². The number of carbonyl (C=O) groups excluding carboxylic acids is 1. The minimum atomic E-state index is -3.71. The van der Waals surface area contributed by atoms with Crippen LogP contribution in [0.5, 0.6) is 0 Å². The van der Waals surface area contributed by atoms with Crippen molar-refractivity contribution >= 4 is 33.4 Å². The summed E-state index contributed by atoms with van der Waals surface area (Å²) in [6.07, 6.45) is 3.67. The summed E-state index contributed by atoms with van der Waals surface area (Å²) in [4.78, 5) is 13.8. The fraction of sp³-hybridized carbons (Fsp3) is 0.333. The van der Waals surface area contributed by atoms with Gasteiger partial charge in [0.15, 0.2) is 0 Å². The molecular weight excluding hydrogens is 448 g/mol. The summed E-state index contributed by atoms with van der Waals surface area (Å²) < 4.78 is 27.9. The van der Waals surface area contributed by atoms with Gasteiger partial charge in [0, 0.05) is 31.7 Å². The Labute approximate surface area is 191 Å². The van der Waals surface area contributed by atoms with Gasteiger partial charge in [-0.1, -0.05) is 18.6 Å². The number of nitrogens with zero attached hydrogens (tertiary/aromatic N) is 5. The van der Waals surface area contributed by atoms with Crippen LogP contribution in [0.3, 0.4) is 0 Å². The maximum atomic E-state index is 13.2. The van der Waals surface area contributed by atoms with Gasteiger partial charge in [-0.25, -0.2) is 17.4 Å². The lowest BCUT2D eigenvalue weighted by molar-refractivity contribution is 0.102. The number of sulfonamides is 1. The molecule has 0 bridgehead atoms. The number of tetrazole rings is 1. The van der Waals surface area contributed by atoms with Crippen molar-refractivity contribution in [2.75, 3.05) is 19.4 Å². The molecule has 11 heteroatoms. The normalized spacial score (nSPS) is 14.4. The van der Waals surface area contributed by atoms with Gasteiger partial charge in [-0.15, -0.1) is 5.10 Å². The summed E-state index contributed by atoms with van der Waals surface area (Å²) in [5.74, 6) is 0.200. The van der Waals surface area contributed by atoms with E-state index in [1.807, 2.05) is 24.3 Å². The minimum absolute atomic E-state index is 0.0356. The van der Waals surface area contributed by atoms with E-state index < -0.39 is 15.9 Å². The third kappa shape index (κ3) is 4.54. The van der Waals surface area contributed by atoms with E-state index in [9.17, 15) is 13.2 Å². The van der Waals surface area contributed by atoms with Crippen molar-refractivity contribution in [3.8, 4) is 0 Å². The van der Waals surface area contributed by atoms with E-state index in [0.717, 1.165) is 4.31 Å². The maximum absolute atomic E-state index is 13.2. The first-order chi connectivity index (χ1) is 15.3. The Balaban J connectivity index is 1.65. The molecule has 0 saturated heterocycles. The molecule has 1 amide bonds. The van der Waals surface area contributed by atoms with Gasteiger partial charge in [0.05, 0.1) is 10.5 Å². The van der Waals surface area contributed by atoms with Crippen LogP contribution >= 0.6 is 11.8 Å². The third-order valence-electron chi connectivity index (χ3n) is 5.50. The van der Waals surface area contributed by atoms with Crippen molar-refractivity contribution in [2.24, 2.45) is 7.05 Å². The van der Waals surface area contributed by atoms with E-state index in [-0.39, 0.29) is 10.5 Å². The number of benzene rings is 2. The van der Waals surface area contributed by atoms with Gasteiger partial charge in [-0.2, -0.15) is 0 Å². The highest BCUT2D eigenvalue weighted by Gasteiger charge is 2.23. The second-order valence-corrected chi connectivity index (χ2v) is 11.0. The predicted octanol–water partition coefficient (Wildman–Crippen LogP) is 3.13. The van der Waals surface area contributed by atoms with Crippen molar-refractivity contribution in [1.82, 2.24) is 24.5 Å². The van der Waals surface area contributed by atoms with Gasteiger partial charge >= 0.3 is 0 Å². The number of carbonyl (C=O) groups is 1. The monoisotopic (exact) mass is 472 g/mol. The highest BCUT2D eigenvalue weighted by Crippen LogP contribution is 2.36. The van der Waals surface area contributed by atoms with Gasteiger partial charge in [0.1, 0.15) is 0 Å².